The van der Waals surface area contributed by atoms with Gasteiger partial charge in [-0.2, -0.15) is 13.2 Å². The van der Waals surface area contributed by atoms with Crippen molar-refractivity contribution in [1.82, 2.24) is 21.3 Å². The maximum Gasteiger partial charge on any atom is 0.422 e. The van der Waals surface area contributed by atoms with Crippen LogP contribution in [0.15, 0.2) is 109 Å². The summed E-state index contributed by atoms with van der Waals surface area (Å²) in [5.74, 6) is -2.76. The number of alkyl halides is 3. The van der Waals surface area contributed by atoms with Crippen LogP contribution in [0, 0.1) is 0 Å². The quantitative estimate of drug-likeness (QED) is 0.0975. The number of ether oxygens (including phenoxy) is 3. The molecule has 0 unspecified atom stereocenters. The topological polar surface area (TPSA) is 144 Å². The van der Waals surface area contributed by atoms with E-state index in [0.717, 1.165) is 16.7 Å². The van der Waals surface area contributed by atoms with Gasteiger partial charge in [-0.05, 0) is 60.7 Å². The highest BCUT2D eigenvalue weighted by atomic mass is 19.4. The van der Waals surface area contributed by atoms with Crippen LogP contribution >= 0.6 is 0 Å². The zero-order valence-corrected chi connectivity index (χ0v) is 30.8. The fourth-order valence-corrected chi connectivity index (χ4v) is 5.23. The van der Waals surface area contributed by atoms with Crippen LogP contribution in [0.4, 0.5) is 22.8 Å². The number of benzene rings is 4. The van der Waals surface area contributed by atoms with Crippen molar-refractivity contribution in [3.8, 4) is 5.75 Å². The number of carbonyl (C=O) groups excluding carboxylic acids is 4. The van der Waals surface area contributed by atoms with Gasteiger partial charge in [0.05, 0.1) is 11.8 Å². The molecule has 0 spiro atoms. The molecule has 4 amide bonds. The van der Waals surface area contributed by atoms with Crippen LogP contribution in [-0.2, 0) is 38.8 Å². The SMILES string of the molecule is CC(C)(C)OC(=O)NCc1ccc(CNC(=O)[C@@H](CNC(=O)[C@H](CNC(=O)OCc2ccccc2)c2ccc(OCC(F)(F)F)cc2)c2ccccc2)cc1. The third kappa shape index (κ3) is 15.1. The van der Waals surface area contributed by atoms with E-state index in [4.69, 9.17) is 14.2 Å². The minimum absolute atomic E-state index is 0.00189. The standard InChI is InChI=1S/C41H45F3N4O7/c1-40(2,3)55-39(52)47-23-29-16-14-28(15-17-29)22-45-36(49)34(31-12-8-5-9-13-31)24-46-37(50)35(25-48-38(51)53-26-30-10-6-4-7-11-30)32-18-20-33(21-19-32)54-27-41(42,43)44/h4-21,34-35H,22-27H2,1-3H3,(H,45,49)(H,46,50)(H,47,52)(H,48,51)/t34-,35+/m0/s1. The number of hydrogen-bond acceptors (Lipinski definition) is 7. The molecule has 4 aromatic rings. The Hall–Kier alpha value is -6.05. The van der Waals surface area contributed by atoms with E-state index in [-0.39, 0.29) is 44.4 Å². The van der Waals surface area contributed by atoms with E-state index in [9.17, 15) is 32.3 Å². The van der Waals surface area contributed by atoms with Gasteiger partial charge in [-0.1, -0.05) is 97.1 Å². The van der Waals surface area contributed by atoms with Crippen LogP contribution < -0.4 is 26.0 Å². The van der Waals surface area contributed by atoms with Crippen LogP contribution in [-0.4, -0.2) is 55.5 Å². The molecule has 55 heavy (non-hydrogen) atoms. The van der Waals surface area contributed by atoms with Crippen molar-refractivity contribution in [2.24, 2.45) is 0 Å². The van der Waals surface area contributed by atoms with Gasteiger partial charge in [0.2, 0.25) is 11.8 Å². The molecule has 0 aliphatic carbocycles. The van der Waals surface area contributed by atoms with E-state index >= 15 is 0 Å². The lowest BCUT2D eigenvalue weighted by Crippen LogP contribution is -2.41. The summed E-state index contributed by atoms with van der Waals surface area (Å²) in [5, 5.41) is 11.0. The summed E-state index contributed by atoms with van der Waals surface area (Å²) in [6, 6.07) is 30.7. The van der Waals surface area contributed by atoms with E-state index in [0.29, 0.717) is 11.1 Å². The molecule has 4 rings (SSSR count). The zero-order valence-electron chi connectivity index (χ0n) is 30.8. The maximum absolute atomic E-state index is 13.8. The van der Waals surface area contributed by atoms with Gasteiger partial charge in [0.25, 0.3) is 0 Å². The highest BCUT2D eigenvalue weighted by molar-refractivity contribution is 5.87. The summed E-state index contributed by atoms with van der Waals surface area (Å²) in [4.78, 5) is 52.0. The third-order valence-corrected chi connectivity index (χ3v) is 7.99. The molecule has 2 atom stereocenters. The van der Waals surface area contributed by atoms with Gasteiger partial charge in [0, 0.05) is 26.2 Å². The Balaban J connectivity index is 1.41. The predicted octanol–water partition coefficient (Wildman–Crippen LogP) is 6.88. The van der Waals surface area contributed by atoms with Gasteiger partial charge in [0.15, 0.2) is 6.61 Å². The average Bonchev–Trinajstić information content (AvgIpc) is 3.15. The largest absolute Gasteiger partial charge is 0.484 e. The minimum atomic E-state index is -4.53. The molecule has 0 saturated carbocycles. The predicted molar refractivity (Wildman–Crippen MR) is 199 cm³/mol. The molecule has 4 aromatic carbocycles. The first-order valence-electron chi connectivity index (χ1n) is 17.5. The molecule has 0 radical (unpaired) electrons. The number of nitrogens with one attached hydrogen (secondary N) is 4. The zero-order chi connectivity index (χ0) is 39.8. The number of alkyl carbamates (subject to hydrolysis) is 2. The summed E-state index contributed by atoms with van der Waals surface area (Å²) in [7, 11) is 0. The molecule has 0 bridgehead atoms. The molecular weight excluding hydrogens is 717 g/mol. The molecule has 14 heteroatoms. The highest BCUT2D eigenvalue weighted by Crippen LogP contribution is 2.23. The molecule has 0 fully saturated rings. The Morgan fingerprint density at radius 1 is 0.582 bits per heavy atom. The van der Waals surface area contributed by atoms with Crippen molar-refractivity contribution in [3.05, 3.63) is 137 Å². The molecular formula is C41H45F3N4O7. The van der Waals surface area contributed by atoms with E-state index in [2.05, 4.69) is 21.3 Å². The average molecular weight is 763 g/mol. The Morgan fingerprint density at radius 3 is 1.65 bits per heavy atom. The lowest BCUT2D eigenvalue weighted by Gasteiger charge is -2.22. The van der Waals surface area contributed by atoms with Gasteiger partial charge in [-0.25, -0.2) is 9.59 Å². The summed E-state index contributed by atoms with van der Waals surface area (Å²) in [6.07, 6.45) is -5.83. The highest BCUT2D eigenvalue weighted by Gasteiger charge is 2.29. The third-order valence-electron chi connectivity index (χ3n) is 7.99. The Morgan fingerprint density at radius 2 is 1.09 bits per heavy atom. The van der Waals surface area contributed by atoms with E-state index < -0.39 is 48.3 Å². The number of halogens is 3. The first kappa shape index (κ1) is 41.7. The van der Waals surface area contributed by atoms with E-state index in [1.165, 1.54) is 24.3 Å². The van der Waals surface area contributed by atoms with Gasteiger partial charge in [-0.15, -0.1) is 0 Å². The summed E-state index contributed by atoms with van der Waals surface area (Å²) in [5.41, 5.74) is 2.81. The van der Waals surface area contributed by atoms with Crippen LogP contribution in [0.2, 0.25) is 0 Å². The molecule has 0 aliphatic heterocycles. The van der Waals surface area contributed by atoms with Gasteiger partial charge >= 0.3 is 18.4 Å². The smallest absolute Gasteiger partial charge is 0.422 e. The Labute approximate surface area is 317 Å². The van der Waals surface area contributed by atoms with E-state index in [1.807, 2.05) is 30.3 Å². The van der Waals surface area contributed by atoms with Crippen LogP contribution in [0.1, 0.15) is 60.4 Å². The first-order valence-corrected chi connectivity index (χ1v) is 17.5. The van der Waals surface area contributed by atoms with Crippen molar-refractivity contribution in [3.63, 3.8) is 0 Å². The molecule has 0 heterocycles. The first-order chi connectivity index (χ1) is 26.1. The van der Waals surface area contributed by atoms with Crippen molar-refractivity contribution in [2.45, 2.75) is 64.1 Å². The van der Waals surface area contributed by atoms with Gasteiger partial charge in [-0.3, -0.25) is 9.59 Å². The lowest BCUT2D eigenvalue weighted by atomic mass is 9.95. The van der Waals surface area contributed by atoms with Crippen molar-refractivity contribution in [1.29, 1.82) is 0 Å². The molecule has 292 valence electrons. The minimum Gasteiger partial charge on any atom is -0.484 e. The monoisotopic (exact) mass is 762 g/mol. The number of amides is 4. The van der Waals surface area contributed by atoms with Crippen LogP contribution in [0.25, 0.3) is 0 Å². The molecule has 4 N–H and O–H groups in total. The Bertz CT molecular complexity index is 1830. The summed E-state index contributed by atoms with van der Waals surface area (Å²) in [6.45, 7) is 3.99. The second-order valence-electron chi connectivity index (χ2n) is 13.6. The fraction of sp³-hybridized carbons (Fsp3) is 0.317. The summed E-state index contributed by atoms with van der Waals surface area (Å²) >= 11 is 0. The molecule has 0 aliphatic rings. The number of carbonyl (C=O) groups is 4. The van der Waals surface area contributed by atoms with Gasteiger partial charge in [0.1, 0.15) is 18.0 Å². The number of hydrogen-bond donors (Lipinski definition) is 4. The second kappa shape index (κ2) is 19.9. The van der Waals surface area contributed by atoms with Crippen molar-refractivity contribution < 1.29 is 46.6 Å². The number of rotatable bonds is 16. The molecule has 0 saturated heterocycles. The Kier molecular flexibility index (Phi) is 15.1. The fourth-order valence-electron chi connectivity index (χ4n) is 5.23. The second-order valence-corrected chi connectivity index (χ2v) is 13.6. The van der Waals surface area contributed by atoms with Crippen molar-refractivity contribution in [2.75, 3.05) is 19.7 Å². The molecule has 0 aromatic heterocycles. The normalized spacial score (nSPS) is 12.4. The van der Waals surface area contributed by atoms with Crippen LogP contribution in [0.3, 0.4) is 0 Å². The van der Waals surface area contributed by atoms with Crippen LogP contribution in [0.5, 0.6) is 5.75 Å². The van der Waals surface area contributed by atoms with Crippen molar-refractivity contribution >= 4 is 24.0 Å². The lowest BCUT2D eigenvalue weighted by molar-refractivity contribution is -0.153. The molecule has 11 nitrogen and oxygen atoms in total. The van der Waals surface area contributed by atoms with E-state index in [1.54, 1.807) is 75.4 Å². The maximum atomic E-state index is 13.8. The summed E-state index contributed by atoms with van der Waals surface area (Å²) < 4.78 is 53.4. The van der Waals surface area contributed by atoms with Gasteiger partial charge < -0.3 is 35.5 Å².